The third-order valence-electron chi connectivity index (χ3n) is 4.66. The molecule has 1 aliphatic rings. The summed E-state index contributed by atoms with van der Waals surface area (Å²) in [6.45, 7) is 0.322. The molecule has 1 unspecified atom stereocenters. The van der Waals surface area contributed by atoms with Crippen LogP contribution in [0.4, 0.5) is 18.9 Å². The van der Waals surface area contributed by atoms with Gasteiger partial charge in [0, 0.05) is 13.1 Å². The topological polar surface area (TPSA) is 78.5 Å². The molecule has 0 bridgehead atoms. The number of hydrogen-bond donors (Lipinski definition) is 2. The summed E-state index contributed by atoms with van der Waals surface area (Å²) < 4.78 is 62.9. The van der Waals surface area contributed by atoms with Gasteiger partial charge in [-0.1, -0.05) is 42.5 Å². The first kappa shape index (κ1) is 21.1. The first-order chi connectivity index (χ1) is 13.7. The molecule has 10 heteroatoms. The number of para-hydroxylation sites is 1. The lowest BCUT2D eigenvalue weighted by Gasteiger charge is -2.33. The number of rotatable bonds is 5. The number of carbonyl (C=O) groups excluding carboxylic acids is 1. The van der Waals surface area contributed by atoms with E-state index in [4.69, 9.17) is 0 Å². The minimum Gasteiger partial charge on any atom is -0.298 e. The van der Waals surface area contributed by atoms with Crippen molar-refractivity contribution >= 4 is 21.4 Å². The number of anilines is 1. The Balaban J connectivity index is 1.80. The maximum absolute atomic E-state index is 13.1. The summed E-state index contributed by atoms with van der Waals surface area (Å²) in [5.41, 5.74) is 4.15. The van der Waals surface area contributed by atoms with Crippen LogP contribution in [0, 0.1) is 0 Å². The van der Waals surface area contributed by atoms with E-state index in [0.29, 0.717) is 5.56 Å². The van der Waals surface area contributed by atoms with Crippen LogP contribution in [0.3, 0.4) is 0 Å². The zero-order chi connectivity index (χ0) is 21.1. The number of amides is 1. The number of nitrogens with one attached hydrogen (secondary N) is 2. The Morgan fingerprint density at radius 1 is 0.966 bits per heavy atom. The first-order valence-corrected chi connectivity index (χ1v) is 10.7. The molecule has 0 spiro atoms. The number of carbonyl (C=O) groups is 1. The molecule has 6 nitrogen and oxygen atoms in total. The van der Waals surface area contributed by atoms with Gasteiger partial charge in [-0.3, -0.25) is 20.5 Å². The molecule has 0 aromatic heterocycles. The summed E-state index contributed by atoms with van der Waals surface area (Å²) in [7, 11) is -3.15. The number of alkyl halides is 3. The molecule has 2 N–H and O–H groups in total. The molecule has 1 amide bonds. The first-order valence-electron chi connectivity index (χ1n) is 8.89. The van der Waals surface area contributed by atoms with E-state index < -0.39 is 33.5 Å². The molecular weight excluding hydrogens is 407 g/mol. The van der Waals surface area contributed by atoms with Crippen LogP contribution in [0.25, 0.3) is 0 Å². The highest BCUT2D eigenvalue weighted by Crippen LogP contribution is 2.34. The van der Waals surface area contributed by atoms with Crippen LogP contribution >= 0.6 is 0 Å². The highest BCUT2D eigenvalue weighted by Gasteiger charge is 2.35. The van der Waals surface area contributed by atoms with E-state index in [1.807, 2.05) is 0 Å². The Morgan fingerprint density at radius 2 is 1.55 bits per heavy atom. The van der Waals surface area contributed by atoms with Gasteiger partial charge in [0.25, 0.3) is 5.91 Å². The average Bonchev–Trinajstić information content (AvgIpc) is 2.68. The Morgan fingerprint density at radius 3 is 2.17 bits per heavy atom. The summed E-state index contributed by atoms with van der Waals surface area (Å²) in [6.07, 6.45) is -4.58. The second-order valence-corrected chi connectivity index (χ2v) is 8.96. The molecule has 0 saturated carbocycles. The van der Waals surface area contributed by atoms with Crippen LogP contribution in [0.2, 0.25) is 0 Å². The molecule has 1 saturated heterocycles. The van der Waals surface area contributed by atoms with Crippen molar-refractivity contribution in [2.24, 2.45) is 0 Å². The third-order valence-corrected chi connectivity index (χ3v) is 6.27. The predicted octanol–water partition coefficient (Wildman–Crippen LogP) is 2.62. The van der Waals surface area contributed by atoms with Crippen molar-refractivity contribution in [1.82, 2.24) is 10.3 Å². The fourth-order valence-electron chi connectivity index (χ4n) is 3.18. The van der Waals surface area contributed by atoms with Crippen molar-refractivity contribution < 1.29 is 26.4 Å². The van der Waals surface area contributed by atoms with E-state index in [1.165, 1.54) is 18.2 Å². The Labute approximate surface area is 166 Å². The van der Waals surface area contributed by atoms with Crippen molar-refractivity contribution in [3.63, 3.8) is 0 Å². The van der Waals surface area contributed by atoms with E-state index in [9.17, 15) is 26.4 Å². The van der Waals surface area contributed by atoms with E-state index in [-0.39, 0.29) is 30.3 Å². The fourth-order valence-corrected chi connectivity index (χ4v) is 4.41. The minimum atomic E-state index is -4.58. The summed E-state index contributed by atoms with van der Waals surface area (Å²) >= 11 is 0. The Hall–Kier alpha value is -2.59. The summed E-state index contributed by atoms with van der Waals surface area (Å²) in [6, 6.07) is 12.7. The molecule has 0 aliphatic carbocycles. The smallest absolute Gasteiger partial charge is 0.298 e. The van der Waals surface area contributed by atoms with Crippen LogP contribution in [0.1, 0.15) is 17.2 Å². The van der Waals surface area contributed by atoms with Gasteiger partial charge in [0.2, 0.25) is 0 Å². The zero-order valence-electron chi connectivity index (χ0n) is 15.3. The van der Waals surface area contributed by atoms with Crippen LogP contribution in [0.15, 0.2) is 54.6 Å². The van der Waals surface area contributed by atoms with Crippen molar-refractivity contribution in [2.45, 2.75) is 12.2 Å². The van der Waals surface area contributed by atoms with E-state index >= 15 is 0 Å². The summed E-state index contributed by atoms with van der Waals surface area (Å²) in [5.74, 6) is -0.727. The number of sulfone groups is 1. The molecule has 156 valence electrons. The second kappa shape index (κ2) is 8.42. The Kier molecular flexibility index (Phi) is 6.13. The quantitative estimate of drug-likeness (QED) is 0.718. The van der Waals surface area contributed by atoms with Crippen molar-refractivity contribution in [3.05, 3.63) is 65.7 Å². The lowest BCUT2D eigenvalue weighted by Crippen LogP contribution is -2.48. The molecule has 1 fully saturated rings. The monoisotopic (exact) mass is 427 g/mol. The zero-order valence-corrected chi connectivity index (χ0v) is 16.1. The molecule has 1 heterocycles. The second-order valence-electron chi connectivity index (χ2n) is 6.66. The number of hydrazine groups is 1. The van der Waals surface area contributed by atoms with Gasteiger partial charge in [-0.25, -0.2) is 8.42 Å². The van der Waals surface area contributed by atoms with Crippen molar-refractivity contribution in [1.29, 1.82) is 0 Å². The molecule has 2 aromatic rings. The molecule has 29 heavy (non-hydrogen) atoms. The van der Waals surface area contributed by atoms with E-state index in [0.717, 1.165) is 6.07 Å². The minimum absolute atomic E-state index is 0.0754. The van der Waals surface area contributed by atoms with Crippen LogP contribution in [-0.2, 0) is 20.8 Å². The SMILES string of the molecule is O=C(NNc1ccccc1C(F)(F)F)C(c1ccccc1)N1CCS(=O)(=O)CC1. The van der Waals surface area contributed by atoms with Crippen molar-refractivity contribution in [2.75, 3.05) is 30.0 Å². The molecule has 1 atom stereocenters. The largest absolute Gasteiger partial charge is 0.418 e. The Bertz CT molecular complexity index is 951. The van der Waals surface area contributed by atoms with Gasteiger partial charge < -0.3 is 0 Å². The lowest BCUT2D eigenvalue weighted by atomic mass is 10.0. The van der Waals surface area contributed by atoms with Gasteiger partial charge in [-0.05, 0) is 17.7 Å². The normalized spacial score (nSPS) is 18.0. The molecule has 3 rings (SSSR count). The summed E-state index contributed by atoms with van der Waals surface area (Å²) in [4.78, 5) is 14.6. The van der Waals surface area contributed by atoms with Gasteiger partial charge in [0.1, 0.15) is 6.04 Å². The molecule has 1 aliphatic heterocycles. The highest BCUT2D eigenvalue weighted by molar-refractivity contribution is 7.91. The number of nitrogens with zero attached hydrogens (tertiary/aromatic N) is 1. The number of hydrogen-bond acceptors (Lipinski definition) is 5. The maximum atomic E-state index is 13.1. The number of benzene rings is 2. The standard InChI is InChI=1S/C19H20F3N3O3S/c20-19(21,22)15-8-4-5-9-16(15)23-24-18(26)17(14-6-2-1-3-7-14)25-10-12-29(27,28)13-11-25/h1-9,17,23H,10-13H2,(H,24,26). The molecule has 2 aromatic carbocycles. The predicted molar refractivity (Wildman–Crippen MR) is 103 cm³/mol. The van der Waals surface area contributed by atoms with Gasteiger partial charge in [-0.15, -0.1) is 0 Å². The van der Waals surface area contributed by atoms with E-state index in [1.54, 1.807) is 35.2 Å². The van der Waals surface area contributed by atoms with Gasteiger partial charge in [0.15, 0.2) is 9.84 Å². The lowest BCUT2D eigenvalue weighted by molar-refractivity contribution is -0.137. The number of halogens is 3. The van der Waals surface area contributed by atoms with Gasteiger partial charge in [0.05, 0.1) is 22.8 Å². The van der Waals surface area contributed by atoms with Crippen molar-refractivity contribution in [3.8, 4) is 0 Å². The average molecular weight is 427 g/mol. The summed E-state index contributed by atoms with van der Waals surface area (Å²) in [5, 5.41) is 0. The van der Waals surface area contributed by atoms with Crippen LogP contribution < -0.4 is 10.9 Å². The van der Waals surface area contributed by atoms with E-state index in [2.05, 4.69) is 10.9 Å². The van der Waals surface area contributed by atoms with Gasteiger partial charge >= 0.3 is 6.18 Å². The van der Waals surface area contributed by atoms with Crippen LogP contribution in [-0.4, -0.2) is 43.8 Å². The third kappa shape index (κ3) is 5.27. The molecular formula is C19H20F3N3O3S. The fraction of sp³-hybridized carbons (Fsp3) is 0.316. The highest BCUT2D eigenvalue weighted by atomic mass is 32.2. The van der Waals surface area contributed by atoms with Gasteiger partial charge in [-0.2, -0.15) is 13.2 Å². The maximum Gasteiger partial charge on any atom is 0.418 e. The molecule has 0 radical (unpaired) electrons. The van der Waals surface area contributed by atoms with Crippen LogP contribution in [0.5, 0.6) is 0 Å².